The largest absolute Gasteiger partial charge is 0.493 e. The lowest BCUT2D eigenvalue weighted by Crippen LogP contribution is -2.52. The number of guanidine groups is 1. The molecule has 0 bridgehead atoms. The van der Waals surface area contributed by atoms with Gasteiger partial charge in [0.15, 0.2) is 17.5 Å². The van der Waals surface area contributed by atoms with Gasteiger partial charge in [-0.15, -0.1) is 0 Å². The van der Waals surface area contributed by atoms with Crippen molar-refractivity contribution in [3.63, 3.8) is 0 Å². The quantitative estimate of drug-likeness (QED) is 0.396. The second kappa shape index (κ2) is 11.6. The summed E-state index contributed by atoms with van der Waals surface area (Å²) in [6.07, 6.45) is 3.68. The molecule has 0 aromatic heterocycles. The summed E-state index contributed by atoms with van der Waals surface area (Å²) in [4.78, 5) is 9.24. The summed E-state index contributed by atoms with van der Waals surface area (Å²) < 4.78 is 16.4. The molecule has 1 aliphatic rings. The third-order valence-corrected chi connectivity index (χ3v) is 5.08. The lowest BCUT2D eigenvalue weighted by atomic mass is 10.1. The molecule has 0 spiro atoms. The summed E-state index contributed by atoms with van der Waals surface area (Å²) in [5, 5.41) is 3.49. The fraction of sp³-hybridized carbons (Fsp3) is 0.667. The third kappa shape index (κ3) is 5.92. The molecule has 7 heteroatoms. The third-order valence-electron chi connectivity index (χ3n) is 5.08. The fourth-order valence-electron chi connectivity index (χ4n) is 3.51. The van der Waals surface area contributed by atoms with Gasteiger partial charge in [0, 0.05) is 46.3 Å². The van der Waals surface area contributed by atoms with Gasteiger partial charge in [-0.05, 0) is 24.1 Å². The maximum atomic E-state index is 5.47. The van der Waals surface area contributed by atoms with Crippen LogP contribution >= 0.6 is 0 Å². The van der Waals surface area contributed by atoms with Crippen molar-refractivity contribution < 1.29 is 14.2 Å². The lowest BCUT2D eigenvalue weighted by Gasteiger charge is -2.36. The minimum absolute atomic E-state index is 0.636. The zero-order chi connectivity index (χ0) is 20.4. The van der Waals surface area contributed by atoms with Crippen LogP contribution < -0.4 is 19.5 Å². The minimum Gasteiger partial charge on any atom is -0.493 e. The number of aliphatic imine (C=N–C) groups is 1. The Balaban J connectivity index is 1.91. The van der Waals surface area contributed by atoms with Crippen LogP contribution in [0.3, 0.4) is 0 Å². The molecular weight excluding hydrogens is 356 g/mol. The molecule has 0 radical (unpaired) electrons. The maximum Gasteiger partial charge on any atom is 0.203 e. The van der Waals surface area contributed by atoms with Crippen molar-refractivity contribution in [3.8, 4) is 17.2 Å². The summed E-state index contributed by atoms with van der Waals surface area (Å²) in [5.41, 5.74) is 1.16. The highest BCUT2D eigenvalue weighted by atomic mass is 16.5. The van der Waals surface area contributed by atoms with Gasteiger partial charge < -0.3 is 24.4 Å². The average Bonchev–Trinajstić information content (AvgIpc) is 2.74. The first kappa shape index (κ1) is 22.1. The van der Waals surface area contributed by atoms with E-state index in [1.54, 1.807) is 21.3 Å². The van der Waals surface area contributed by atoms with Crippen molar-refractivity contribution in [3.05, 3.63) is 17.7 Å². The molecule has 0 atom stereocenters. The Hall–Kier alpha value is -2.15. The Labute approximate surface area is 169 Å². The fourth-order valence-corrected chi connectivity index (χ4v) is 3.51. The van der Waals surface area contributed by atoms with Gasteiger partial charge >= 0.3 is 0 Å². The van der Waals surface area contributed by atoms with E-state index in [2.05, 4.69) is 27.0 Å². The van der Waals surface area contributed by atoms with Crippen molar-refractivity contribution in [2.75, 3.05) is 61.1 Å². The number of piperazine rings is 1. The van der Waals surface area contributed by atoms with Gasteiger partial charge in [-0.2, -0.15) is 0 Å². The Kier molecular flexibility index (Phi) is 9.20. The van der Waals surface area contributed by atoms with E-state index in [-0.39, 0.29) is 0 Å². The molecule has 0 saturated carbocycles. The van der Waals surface area contributed by atoms with Crippen molar-refractivity contribution in [2.45, 2.75) is 32.7 Å². The molecule has 1 fully saturated rings. The summed E-state index contributed by atoms with van der Waals surface area (Å²) in [6, 6.07) is 4.06. The number of nitrogens with one attached hydrogen (secondary N) is 1. The number of benzene rings is 1. The SMILES string of the molecule is CCCCCNC(=NC)N1CCN(Cc2cc(OC)c(OC)c(OC)c2)CC1. The van der Waals surface area contributed by atoms with Crippen LogP contribution in [0.5, 0.6) is 17.2 Å². The van der Waals surface area contributed by atoms with E-state index in [1.165, 1.54) is 19.3 Å². The van der Waals surface area contributed by atoms with Gasteiger partial charge in [-0.3, -0.25) is 9.89 Å². The van der Waals surface area contributed by atoms with E-state index in [0.717, 1.165) is 50.8 Å². The summed E-state index contributed by atoms with van der Waals surface area (Å²) in [5.74, 6) is 3.05. The zero-order valence-electron chi connectivity index (χ0n) is 18.1. The normalized spacial score (nSPS) is 15.5. The number of nitrogens with zero attached hydrogens (tertiary/aromatic N) is 3. The van der Waals surface area contributed by atoms with Gasteiger partial charge in [0.2, 0.25) is 5.75 Å². The molecular formula is C21H36N4O3. The van der Waals surface area contributed by atoms with Crippen molar-refractivity contribution in [1.29, 1.82) is 0 Å². The van der Waals surface area contributed by atoms with E-state index in [1.807, 2.05) is 19.2 Å². The number of hydrogen-bond donors (Lipinski definition) is 1. The van der Waals surface area contributed by atoms with Gasteiger partial charge in [-0.1, -0.05) is 19.8 Å². The molecule has 1 aromatic rings. The van der Waals surface area contributed by atoms with Gasteiger partial charge in [-0.25, -0.2) is 0 Å². The number of hydrogen-bond acceptors (Lipinski definition) is 5. The van der Waals surface area contributed by atoms with Crippen LogP contribution in [0.1, 0.15) is 31.7 Å². The smallest absolute Gasteiger partial charge is 0.203 e. The van der Waals surface area contributed by atoms with Crippen LogP contribution in [-0.2, 0) is 6.54 Å². The van der Waals surface area contributed by atoms with E-state index in [4.69, 9.17) is 14.2 Å². The van der Waals surface area contributed by atoms with Crippen molar-refractivity contribution in [2.24, 2.45) is 4.99 Å². The van der Waals surface area contributed by atoms with Crippen LogP contribution in [0.25, 0.3) is 0 Å². The molecule has 158 valence electrons. The first-order chi connectivity index (χ1) is 13.7. The van der Waals surface area contributed by atoms with Crippen molar-refractivity contribution in [1.82, 2.24) is 15.1 Å². The van der Waals surface area contributed by atoms with Crippen LogP contribution in [0.4, 0.5) is 0 Å². The van der Waals surface area contributed by atoms with E-state index < -0.39 is 0 Å². The average molecular weight is 393 g/mol. The second-order valence-corrected chi connectivity index (χ2v) is 6.98. The van der Waals surface area contributed by atoms with Gasteiger partial charge in [0.25, 0.3) is 0 Å². The number of ether oxygens (including phenoxy) is 3. The molecule has 0 amide bonds. The van der Waals surface area contributed by atoms with Crippen molar-refractivity contribution >= 4 is 5.96 Å². The van der Waals surface area contributed by atoms with E-state index in [9.17, 15) is 0 Å². The highest BCUT2D eigenvalue weighted by Gasteiger charge is 2.21. The highest BCUT2D eigenvalue weighted by Crippen LogP contribution is 2.38. The van der Waals surface area contributed by atoms with E-state index >= 15 is 0 Å². The monoisotopic (exact) mass is 392 g/mol. The summed E-state index contributed by atoms with van der Waals surface area (Å²) >= 11 is 0. The molecule has 1 heterocycles. The minimum atomic E-state index is 0.636. The Morgan fingerprint density at radius 2 is 1.64 bits per heavy atom. The van der Waals surface area contributed by atoms with E-state index in [0.29, 0.717) is 17.2 Å². The Bertz CT molecular complexity index is 603. The lowest BCUT2D eigenvalue weighted by molar-refractivity contribution is 0.172. The zero-order valence-corrected chi connectivity index (χ0v) is 18.1. The topological polar surface area (TPSA) is 58.6 Å². The maximum absolute atomic E-state index is 5.47. The molecule has 7 nitrogen and oxygen atoms in total. The molecule has 0 aliphatic carbocycles. The molecule has 1 aliphatic heterocycles. The molecule has 1 aromatic carbocycles. The number of methoxy groups -OCH3 is 3. The molecule has 1 N–H and O–H groups in total. The van der Waals surface area contributed by atoms with Gasteiger partial charge in [0.1, 0.15) is 0 Å². The van der Waals surface area contributed by atoms with Crippen LogP contribution in [0.15, 0.2) is 17.1 Å². The van der Waals surface area contributed by atoms with Crippen LogP contribution in [0.2, 0.25) is 0 Å². The Morgan fingerprint density at radius 1 is 1.00 bits per heavy atom. The molecule has 28 heavy (non-hydrogen) atoms. The van der Waals surface area contributed by atoms with Crippen LogP contribution in [-0.4, -0.2) is 76.9 Å². The number of rotatable bonds is 9. The molecule has 2 rings (SSSR count). The summed E-state index contributed by atoms with van der Waals surface area (Å²) in [7, 11) is 6.80. The number of unbranched alkanes of at least 4 members (excludes halogenated alkanes) is 2. The standard InChI is InChI=1S/C21H36N4O3/c1-6-7-8-9-23-21(22-2)25-12-10-24(11-13-25)16-17-14-18(26-3)20(28-5)19(15-17)27-4/h14-15H,6-13,16H2,1-5H3,(H,22,23). The van der Waals surface area contributed by atoms with Crippen LogP contribution in [0, 0.1) is 0 Å². The highest BCUT2D eigenvalue weighted by molar-refractivity contribution is 5.79. The van der Waals surface area contributed by atoms with Gasteiger partial charge in [0.05, 0.1) is 21.3 Å². The molecule has 0 unspecified atom stereocenters. The molecule has 1 saturated heterocycles. The first-order valence-electron chi connectivity index (χ1n) is 10.1. The first-order valence-corrected chi connectivity index (χ1v) is 10.1. The Morgan fingerprint density at radius 3 is 2.14 bits per heavy atom. The summed E-state index contributed by atoms with van der Waals surface area (Å²) in [6.45, 7) is 8.00. The predicted molar refractivity (Wildman–Crippen MR) is 114 cm³/mol. The predicted octanol–water partition coefficient (Wildman–Crippen LogP) is 2.60. The second-order valence-electron chi connectivity index (χ2n) is 6.98.